The van der Waals surface area contributed by atoms with Gasteiger partial charge in [-0.15, -0.1) is 0 Å². The van der Waals surface area contributed by atoms with Crippen LogP contribution in [0.5, 0.6) is 5.75 Å². The van der Waals surface area contributed by atoms with Gasteiger partial charge in [-0.1, -0.05) is 19.3 Å². The van der Waals surface area contributed by atoms with Crippen LogP contribution in [0.25, 0.3) is 22.4 Å². The minimum absolute atomic E-state index is 0.118. The van der Waals surface area contributed by atoms with Crippen LogP contribution in [0.3, 0.4) is 0 Å². The molecule has 35 heavy (non-hydrogen) atoms. The van der Waals surface area contributed by atoms with E-state index in [1.165, 1.54) is 19.3 Å². The van der Waals surface area contributed by atoms with Crippen LogP contribution in [-0.2, 0) is 4.79 Å². The van der Waals surface area contributed by atoms with E-state index in [9.17, 15) is 9.59 Å². The second kappa shape index (κ2) is 9.71. The van der Waals surface area contributed by atoms with Crippen molar-refractivity contribution >= 4 is 22.6 Å². The van der Waals surface area contributed by atoms with Gasteiger partial charge in [0.25, 0.3) is 5.56 Å². The van der Waals surface area contributed by atoms with Gasteiger partial charge >= 0.3 is 0 Å². The predicted molar refractivity (Wildman–Crippen MR) is 136 cm³/mol. The highest BCUT2D eigenvalue weighted by Gasteiger charge is 2.24. The Balaban J connectivity index is 1.48. The van der Waals surface area contributed by atoms with Gasteiger partial charge in [0, 0.05) is 44.9 Å². The van der Waals surface area contributed by atoms with Crippen LogP contribution in [-0.4, -0.2) is 63.8 Å². The largest absolute Gasteiger partial charge is 0.496 e. The summed E-state index contributed by atoms with van der Waals surface area (Å²) >= 11 is 0. The van der Waals surface area contributed by atoms with Gasteiger partial charge in [-0.05, 0) is 38.3 Å². The Kier molecular flexibility index (Phi) is 6.49. The van der Waals surface area contributed by atoms with Crippen LogP contribution >= 0.6 is 0 Å². The Morgan fingerprint density at radius 1 is 1.09 bits per heavy atom. The molecule has 2 aromatic heterocycles. The molecular weight excluding hydrogens is 444 g/mol. The zero-order valence-electron chi connectivity index (χ0n) is 20.8. The number of aromatic nitrogens is 4. The van der Waals surface area contributed by atoms with Crippen LogP contribution in [0.15, 0.2) is 23.0 Å². The monoisotopic (exact) mass is 478 g/mol. The van der Waals surface area contributed by atoms with Crippen molar-refractivity contribution in [2.45, 2.75) is 58.4 Å². The number of amides is 1. The molecule has 1 aromatic carbocycles. The first-order chi connectivity index (χ1) is 17.0. The Labute approximate surface area is 205 Å². The Bertz CT molecular complexity index is 1290. The molecule has 0 atom stereocenters. The zero-order valence-corrected chi connectivity index (χ0v) is 20.8. The molecule has 5 rings (SSSR count). The molecule has 1 amide bonds. The molecule has 1 saturated carbocycles. The van der Waals surface area contributed by atoms with E-state index in [-0.39, 0.29) is 17.5 Å². The standard InChI is InChI=1S/C26H34N6O3/c1-17-23-24(32(29-17)19-8-5-4-6-9-19)26(34)28-25(27-23)21-11-10-20(16-22(21)35-3)31-13-7-12-30(14-15-31)18(2)33/h10-11,16,19H,4-9,12-15H2,1-3H3,(H,27,28,34). The topological polar surface area (TPSA) is 96.3 Å². The van der Waals surface area contributed by atoms with Crippen molar-refractivity contribution in [1.82, 2.24) is 24.6 Å². The molecule has 9 heteroatoms. The van der Waals surface area contributed by atoms with Crippen molar-refractivity contribution in [2.75, 3.05) is 38.2 Å². The smallest absolute Gasteiger partial charge is 0.277 e. The number of carbonyl (C=O) groups is 1. The molecule has 9 nitrogen and oxygen atoms in total. The van der Waals surface area contributed by atoms with Gasteiger partial charge in [0.1, 0.15) is 17.1 Å². The number of nitrogens with zero attached hydrogens (tertiary/aromatic N) is 5. The Hall–Kier alpha value is -3.36. The molecule has 1 aliphatic heterocycles. The van der Waals surface area contributed by atoms with Gasteiger partial charge in [0.2, 0.25) is 5.91 Å². The van der Waals surface area contributed by atoms with Gasteiger partial charge in [-0.25, -0.2) is 4.98 Å². The number of ether oxygens (including phenoxy) is 1. The van der Waals surface area contributed by atoms with Gasteiger partial charge < -0.3 is 19.5 Å². The van der Waals surface area contributed by atoms with Gasteiger partial charge in [-0.3, -0.25) is 14.3 Å². The number of hydrogen-bond acceptors (Lipinski definition) is 6. The van der Waals surface area contributed by atoms with Crippen LogP contribution < -0.4 is 15.2 Å². The number of nitrogens with one attached hydrogen (secondary N) is 1. The third-order valence-electron chi connectivity index (χ3n) is 7.39. The summed E-state index contributed by atoms with van der Waals surface area (Å²) in [5, 5.41) is 4.72. The Morgan fingerprint density at radius 3 is 2.63 bits per heavy atom. The quantitative estimate of drug-likeness (QED) is 0.615. The van der Waals surface area contributed by atoms with Crippen molar-refractivity contribution in [3.63, 3.8) is 0 Å². The van der Waals surface area contributed by atoms with Crippen molar-refractivity contribution in [1.29, 1.82) is 0 Å². The maximum atomic E-state index is 13.2. The molecule has 1 saturated heterocycles. The van der Waals surface area contributed by atoms with Crippen LogP contribution in [0, 0.1) is 6.92 Å². The van der Waals surface area contributed by atoms with Crippen molar-refractivity contribution in [3.8, 4) is 17.1 Å². The fourth-order valence-corrected chi connectivity index (χ4v) is 5.47. The second-order valence-corrected chi connectivity index (χ2v) is 9.66. The summed E-state index contributed by atoms with van der Waals surface area (Å²) in [5.41, 5.74) is 3.58. The van der Waals surface area contributed by atoms with E-state index in [2.05, 4.69) is 9.88 Å². The lowest BCUT2D eigenvalue weighted by molar-refractivity contribution is -0.128. The summed E-state index contributed by atoms with van der Waals surface area (Å²) in [5.74, 6) is 1.25. The van der Waals surface area contributed by atoms with Gasteiger partial charge in [0.05, 0.1) is 24.4 Å². The molecule has 0 bridgehead atoms. The average molecular weight is 479 g/mol. The molecule has 1 aliphatic carbocycles. The normalized spacial score (nSPS) is 17.6. The first kappa shape index (κ1) is 23.4. The number of H-pyrrole nitrogens is 1. The summed E-state index contributed by atoms with van der Waals surface area (Å²) in [6.45, 7) is 6.66. The van der Waals surface area contributed by atoms with Gasteiger partial charge in [-0.2, -0.15) is 5.10 Å². The number of benzene rings is 1. The highest BCUT2D eigenvalue weighted by atomic mass is 16.5. The number of aryl methyl sites for hydroxylation is 1. The zero-order chi connectivity index (χ0) is 24.5. The number of rotatable bonds is 4. The first-order valence-corrected chi connectivity index (χ1v) is 12.6. The third-order valence-corrected chi connectivity index (χ3v) is 7.39. The van der Waals surface area contributed by atoms with E-state index in [1.54, 1.807) is 14.0 Å². The molecule has 2 fully saturated rings. The molecule has 186 valence electrons. The van der Waals surface area contributed by atoms with E-state index in [0.29, 0.717) is 29.2 Å². The van der Waals surface area contributed by atoms with E-state index < -0.39 is 0 Å². The number of fused-ring (bicyclic) bond motifs is 1. The second-order valence-electron chi connectivity index (χ2n) is 9.66. The molecule has 0 radical (unpaired) electrons. The average Bonchev–Trinajstić information content (AvgIpc) is 3.04. The maximum absolute atomic E-state index is 13.2. The lowest BCUT2D eigenvalue weighted by Crippen LogP contribution is -2.33. The first-order valence-electron chi connectivity index (χ1n) is 12.6. The van der Waals surface area contributed by atoms with Gasteiger partial charge in [0.15, 0.2) is 5.52 Å². The summed E-state index contributed by atoms with van der Waals surface area (Å²) in [7, 11) is 1.63. The fourth-order valence-electron chi connectivity index (χ4n) is 5.47. The molecule has 1 N–H and O–H groups in total. The summed E-state index contributed by atoms with van der Waals surface area (Å²) in [6, 6.07) is 6.23. The van der Waals surface area contributed by atoms with Crippen LogP contribution in [0.4, 0.5) is 5.69 Å². The molecule has 2 aliphatic rings. The van der Waals surface area contributed by atoms with E-state index >= 15 is 0 Å². The van der Waals surface area contributed by atoms with E-state index in [4.69, 9.17) is 14.8 Å². The molecule has 3 heterocycles. The van der Waals surface area contributed by atoms with Crippen molar-refractivity contribution in [3.05, 3.63) is 34.2 Å². The summed E-state index contributed by atoms with van der Waals surface area (Å²) in [6.07, 6.45) is 6.60. The van der Waals surface area contributed by atoms with Crippen LogP contribution in [0.1, 0.15) is 57.2 Å². The number of anilines is 1. The predicted octanol–water partition coefficient (Wildman–Crippen LogP) is 3.67. The number of methoxy groups -OCH3 is 1. The lowest BCUT2D eigenvalue weighted by atomic mass is 9.95. The van der Waals surface area contributed by atoms with E-state index in [1.807, 2.05) is 34.7 Å². The highest BCUT2D eigenvalue weighted by molar-refractivity contribution is 5.80. The van der Waals surface area contributed by atoms with E-state index in [0.717, 1.165) is 55.8 Å². The third kappa shape index (κ3) is 4.51. The molecule has 0 unspecified atom stereocenters. The number of hydrogen-bond donors (Lipinski definition) is 1. The van der Waals surface area contributed by atoms with Crippen molar-refractivity contribution in [2.24, 2.45) is 0 Å². The lowest BCUT2D eigenvalue weighted by Gasteiger charge is -2.24. The number of carbonyl (C=O) groups excluding carboxylic acids is 1. The maximum Gasteiger partial charge on any atom is 0.277 e. The van der Waals surface area contributed by atoms with Crippen LogP contribution in [0.2, 0.25) is 0 Å². The summed E-state index contributed by atoms with van der Waals surface area (Å²) in [4.78, 5) is 37.0. The SMILES string of the molecule is COc1cc(N2CCCN(C(C)=O)CC2)ccc1-c1nc2c(C)nn(C3CCCCC3)c2c(=O)[nH]1. The minimum Gasteiger partial charge on any atom is -0.496 e. The van der Waals surface area contributed by atoms with Crippen molar-refractivity contribution < 1.29 is 9.53 Å². The molecule has 0 spiro atoms. The fraction of sp³-hybridized carbons (Fsp3) is 0.538. The highest BCUT2D eigenvalue weighted by Crippen LogP contribution is 2.34. The molecule has 3 aromatic rings. The summed E-state index contributed by atoms with van der Waals surface area (Å²) < 4.78 is 7.64. The number of aromatic amines is 1. The molecular formula is C26H34N6O3. The minimum atomic E-state index is -0.167. The Morgan fingerprint density at radius 2 is 1.89 bits per heavy atom.